The number of benzene rings is 1. The maximum absolute atomic E-state index is 12.3. The summed E-state index contributed by atoms with van der Waals surface area (Å²) in [4.78, 5) is 25.1. The van der Waals surface area contributed by atoms with Gasteiger partial charge in [0.05, 0.1) is 11.1 Å². The molecule has 0 radical (unpaired) electrons. The van der Waals surface area contributed by atoms with E-state index in [0.717, 1.165) is 11.1 Å². The molecule has 0 fully saturated rings. The lowest BCUT2D eigenvalue weighted by molar-refractivity contribution is 0.0695. The number of hydrogen-bond donors (Lipinski definition) is 1. The molecule has 2 rings (SSSR count). The van der Waals surface area contributed by atoms with Crippen molar-refractivity contribution in [2.24, 2.45) is 0 Å². The van der Waals surface area contributed by atoms with Crippen molar-refractivity contribution in [1.82, 2.24) is 4.90 Å². The predicted molar refractivity (Wildman–Crippen MR) is 83.1 cm³/mol. The molecular formula is C16H17NO3S. The number of thiophene rings is 1. The molecule has 5 heteroatoms. The van der Waals surface area contributed by atoms with Crippen molar-refractivity contribution in [2.45, 2.75) is 13.3 Å². The number of likely N-dealkylation sites (N-methyl/N-ethyl adjacent to an activating group) is 1. The number of carbonyl (C=O) groups excluding carboxylic acids is 1. The Morgan fingerprint density at radius 2 is 1.90 bits per heavy atom. The van der Waals surface area contributed by atoms with E-state index >= 15 is 0 Å². The minimum atomic E-state index is -0.937. The first-order valence-corrected chi connectivity index (χ1v) is 7.54. The lowest BCUT2D eigenvalue weighted by Crippen LogP contribution is -2.29. The smallest absolute Gasteiger partial charge is 0.335 e. The topological polar surface area (TPSA) is 57.6 Å². The highest BCUT2D eigenvalue weighted by Crippen LogP contribution is 2.16. The molecule has 110 valence electrons. The zero-order valence-electron chi connectivity index (χ0n) is 12.0. The molecule has 0 aliphatic carbocycles. The van der Waals surface area contributed by atoms with E-state index in [2.05, 4.69) is 0 Å². The average molecular weight is 303 g/mol. The number of carboxylic acid groups (broad SMARTS) is 1. The molecule has 1 N–H and O–H groups in total. The Hall–Kier alpha value is -2.14. The second kappa shape index (κ2) is 6.54. The molecule has 0 spiro atoms. The van der Waals surface area contributed by atoms with Crippen LogP contribution in [-0.2, 0) is 6.42 Å². The first kappa shape index (κ1) is 15.3. The van der Waals surface area contributed by atoms with Crippen LogP contribution < -0.4 is 0 Å². The van der Waals surface area contributed by atoms with Gasteiger partial charge in [0.25, 0.3) is 5.91 Å². The quantitative estimate of drug-likeness (QED) is 0.923. The summed E-state index contributed by atoms with van der Waals surface area (Å²) < 4.78 is 0. The minimum absolute atomic E-state index is 0.0263. The molecule has 0 aliphatic rings. The van der Waals surface area contributed by atoms with Gasteiger partial charge in [0.1, 0.15) is 0 Å². The largest absolute Gasteiger partial charge is 0.478 e. The van der Waals surface area contributed by atoms with Gasteiger partial charge in [-0.25, -0.2) is 4.79 Å². The Balaban J connectivity index is 2.05. The molecule has 0 unspecified atom stereocenters. The van der Waals surface area contributed by atoms with Gasteiger partial charge in [-0.1, -0.05) is 18.2 Å². The third-order valence-electron chi connectivity index (χ3n) is 3.40. The zero-order valence-corrected chi connectivity index (χ0v) is 12.8. The fourth-order valence-corrected chi connectivity index (χ4v) is 2.94. The van der Waals surface area contributed by atoms with E-state index in [-0.39, 0.29) is 5.91 Å². The summed E-state index contributed by atoms with van der Waals surface area (Å²) in [6.07, 6.45) is 0.522. The van der Waals surface area contributed by atoms with Gasteiger partial charge in [-0.05, 0) is 35.9 Å². The highest BCUT2D eigenvalue weighted by atomic mass is 32.1. The maximum atomic E-state index is 12.3. The van der Waals surface area contributed by atoms with Gasteiger partial charge in [-0.15, -0.1) is 0 Å². The van der Waals surface area contributed by atoms with Crippen LogP contribution in [0, 0.1) is 6.92 Å². The summed E-state index contributed by atoms with van der Waals surface area (Å²) in [5.41, 5.74) is 2.73. The van der Waals surface area contributed by atoms with Crippen LogP contribution in [0.4, 0.5) is 0 Å². The average Bonchev–Trinajstić information content (AvgIpc) is 2.90. The van der Waals surface area contributed by atoms with Gasteiger partial charge in [0, 0.05) is 19.0 Å². The molecule has 21 heavy (non-hydrogen) atoms. The van der Waals surface area contributed by atoms with Crippen LogP contribution in [-0.4, -0.2) is 35.5 Å². The van der Waals surface area contributed by atoms with Crippen molar-refractivity contribution in [3.05, 3.63) is 57.3 Å². The summed E-state index contributed by atoms with van der Waals surface area (Å²) in [5, 5.41) is 12.9. The van der Waals surface area contributed by atoms with E-state index < -0.39 is 5.97 Å². The van der Waals surface area contributed by atoms with E-state index in [1.807, 2.05) is 23.8 Å². The van der Waals surface area contributed by atoms with Gasteiger partial charge in [-0.3, -0.25) is 4.79 Å². The van der Waals surface area contributed by atoms with Crippen molar-refractivity contribution >= 4 is 23.2 Å². The molecule has 0 atom stereocenters. The fraction of sp³-hybridized carbons (Fsp3) is 0.250. The molecule has 1 aromatic carbocycles. The summed E-state index contributed by atoms with van der Waals surface area (Å²) in [5.74, 6) is -0.963. The van der Waals surface area contributed by atoms with Crippen molar-refractivity contribution in [2.75, 3.05) is 13.6 Å². The number of aryl methyl sites for hydroxylation is 1. The second-order valence-electron chi connectivity index (χ2n) is 4.91. The second-order valence-corrected chi connectivity index (χ2v) is 5.65. The first-order valence-electron chi connectivity index (χ1n) is 6.60. The number of rotatable bonds is 5. The Labute approximate surface area is 127 Å². The van der Waals surface area contributed by atoms with E-state index in [1.165, 1.54) is 11.3 Å². The number of amides is 1. The predicted octanol–water partition coefficient (Wildman–Crippen LogP) is 3.07. The van der Waals surface area contributed by atoms with E-state index in [0.29, 0.717) is 24.1 Å². The summed E-state index contributed by atoms with van der Waals surface area (Å²) >= 11 is 1.51. The Morgan fingerprint density at radius 1 is 1.19 bits per heavy atom. The Bertz CT molecular complexity index is 663. The van der Waals surface area contributed by atoms with Crippen molar-refractivity contribution in [1.29, 1.82) is 0 Å². The van der Waals surface area contributed by atoms with Crippen molar-refractivity contribution < 1.29 is 14.7 Å². The summed E-state index contributed by atoms with van der Waals surface area (Å²) in [6.45, 7) is 2.40. The summed E-state index contributed by atoms with van der Waals surface area (Å²) in [7, 11) is 1.74. The first-order chi connectivity index (χ1) is 10.0. The zero-order chi connectivity index (χ0) is 15.4. The minimum Gasteiger partial charge on any atom is -0.478 e. The van der Waals surface area contributed by atoms with Crippen LogP contribution in [0.1, 0.15) is 31.8 Å². The number of aromatic carboxylic acids is 1. The molecule has 0 aliphatic heterocycles. The van der Waals surface area contributed by atoms with Gasteiger partial charge >= 0.3 is 5.97 Å². The molecule has 2 aromatic rings. The van der Waals surface area contributed by atoms with Crippen molar-refractivity contribution in [3.8, 4) is 0 Å². The normalized spacial score (nSPS) is 10.4. The van der Waals surface area contributed by atoms with Gasteiger partial charge in [0.2, 0.25) is 0 Å². The molecule has 0 bridgehead atoms. The highest BCUT2D eigenvalue weighted by molar-refractivity contribution is 7.08. The molecule has 4 nitrogen and oxygen atoms in total. The standard InChI is InChI=1S/C16H17NO3S/c1-11-9-21-10-14(11)15(18)17(2)8-7-12-5-3-4-6-13(12)16(19)20/h3-6,9-10H,7-8H2,1-2H3,(H,19,20). The van der Waals surface area contributed by atoms with Crippen LogP contribution in [0.3, 0.4) is 0 Å². The van der Waals surface area contributed by atoms with Crippen LogP contribution in [0.25, 0.3) is 0 Å². The van der Waals surface area contributed by atoms with E-state index in [1.54, 1.807) is 30.1 Å². The van der Waals surface area contributed by atoms with Crippen LogP contribution >= 0.6 is 11.3 Å². The molecule has 0 saturated carbocycles. The molecule has 1 aromatic heterocycles. The van der Waals surface area contributed by atoms with Gasteiger partial charge in [-0.2, -0.15) is 11.3 Å². The Morgan fingerprint density at radius 3 is 2.52 bits per heavy atom. The van der Waals surface area contributed by atoms with E-state index in [4.69, 9.17) is 5.11 Å². The number of nitrogens with zero attached hydrogens (tertiary/aromatic N) is 1. The van der Waals surface area contributed by atoms with E-state index in [9.17, 15) is 9.59 Å². The van der Waals surface area contributed by atoms with Gasteiger partial charge in [0.15, 0.2) is 0 Å². The molecular weight excluding hydrogens is 286 g/mol. The number of carbonyl (C=O) groups is 2. The lowest BCUT2D eigenvalue weighted by Gasteiger charge is -2.17. The molecule has 1 heterocycles. The SMILES string of the molecule is Cc1cscc1C(=O)N(C)CCc1ccccc1C(=O)O. The molecule has 1 amide bonds. The Kier molecular flexibility index (Phi) is 4.75. The summed E-state index contributed by atoms with van der Waals surface area (Å²) in [6, 6.07) is 6.89. The maximum Gasteiger partial charge on any atom is 0.335 e. The highest BCUT2D eigenvalue weighted by Gasteiger charge is 2.16. The van der Waals surface area contributed by atoms with Crippen LogP contribution in [0.15, 0.2) is 35.0 Å². The lowest BCUT2D eigenvalue weighted by atomic mass is 10.0. The monoisotopic (exact) mass is 303 g/mol. The van der Waals surface area contributed by atoms with Gasteiger partial charge < -0.3 is 10.0 Å². The third kappa shape index (κ3) is 3.49. The van der Waals surface area contributed by atoms with Crippen LogP contribution in [0.2, 0.25) is 0 Å². The van der Waals surface area contributed by atoms with Crippen molar-refractivity contribution in [3.63, 3.8) is 0 Å². The number of carboxylic acids is 1. The molecule has 0 saturated heterocycles. The fourth-order valence-electron chi connectivity index (χ4n) is 2.12. The van der Waals surface area contributed by atoms with Crippen LogP contribution in [0.5, 0.6) is 0 Å². The third-order valence-corrected chi connectivity index (χ3v) is 4.26. The number of hydrogen-bond acceptors (Lipinski definition) is 3.